The Morgan fingerprint density at radius 3 is 2.73 bits per heavy atom. The van der Waals surface area contributed by atoms with Crippen molar-refractivity contribution in [1.29, 1.82) is 0 Å². The summed E-state index contributed by atoms with van der Waals surface area (Å²) in [6, 6.07) is 7.19. The number of aromatic nitrogens is 1. The van der Waals surface area contributed by atoms with Crippen LogP contribution in [0, 0.1) is 13.8 Å². The number of hydrogen-bond acceptors (Lipinski definition) is 4. The third kappa shape index (κ3) is 2.87. The van der Waals surface area contributed by atoms with Gasteiger partial charge in [0.1, 0.15) is 0 Å². The number of nitrogens with one attached hydrogen (secondary N) is 1. The van der Waals surface area contributed by atoms with Crippen LogP contribution in [0.15, 0.2) is 35.7 Å². The van der Waals surface area contributed by atoms with E-state index in [-0.39, 0.29) is 11.7 Å². The first-order valence-corrected chi connectivity index (χ1v) is 8.65. The summed E-state index contributed by atoms with van der Waals surface area (Å²) in [7, 11) is -3.18. The van der Waals surface area contributed by atoms with Crippen LogP contribution in [0.1, 0.15) is 21.6 Å². The molecule has 1 aliphatic rings. The van der Waals surface area contributed by atoms with E-state index < -0.39 is 15.9 Å². The van der Waals surface area contributed by atoms with E-state index in [0.29, 0.717) is 11.3 Å². The molecule has 6 heteroatoms. The molecule has 114 valence electrons. The number of hydrogen-bond donors (Lipinski definition) is 1. The van der Waals surface area contributed by atoms with Crippen molar-refractivity contribution in [2.24, 2.45) is 0 Å². The van der Waals surface area contributed by atoms with E-state index in [4.69, 9.17) is 0 Å². The zero-order chi connectivity index (χ0) is 15.9. The highest BCUT2D eigenvalue weighted by molar-refractivity contribution is 7.94. The lowest BCUT2D eigenvalue weighted by atomic mass is 10.1. The van der Waals surface area contributed by atoms with Gasteiger partial charge in [0, 0.05) is 10.8 Å². The average Bonchev–Trinajstić information content (AvgIpc) is 2.77. The largest absolute Gasteiger partial charge is 0.345 e. The maximum atomic E-state index is 12.4. The molecule has 0 radical (unpaired) electrons. The van der Waals surface area contributed by atoms with Gasteiger partial charge < -0.3 is 5.32 Å². The standard InChI is InChI=1S/C16H16N2O3S/c1-10-3-4-15-12(7-10)8-14(11(2)17-15)16(19)18-13-5-6-22(20,21)9-13/h3-8,13H,9H2,1-2H3,(H,18,19)/t13-/m0/s1. The zero-order valence-corrected chi connectivity index (χ0v) is 13.1. The van der Waals surface area contributed by atoms with Gasteiger partial charge in [0.25, 0.3) is 5.91 Å². The molecule has 5 nitrogen and oxygen atoms in total. The van der Waals surface area contributed by atoms with Crippen molar-refractivity contribution in [1.82, 2.24) is 10.3 Å². The third-order valence-corrected chi connectivity index (χ3v) is 5.05. The molecule has 22 heavy (non-hydrogen) atoms. The highest BCUT2D eigenvalue weighted by Crippen LogP contribution is 2.18. The molecule has 2 heterocycles. The van der Waals surface area contributed by atoms with Gasteiger partial charge >= 0.3 is 0 Å². The van der Waals surface area contributed by atoms with Crippen LogP contribution in [0.3, 0.4) is 0 Å². The fourth-order valence-corrected chi connectivity index (χ4v) is 3.77. The molecule has 1 aliphatic heterocycles. The highest BCUT2D eigenvalue weighted by Gasteiger charge is 2.24. The predicted octanol–water partition coefficient (Wildman–Crippen LogP) is 1.89. The van der Waals surface area contributed by atoms with Gasteiger partial charge in [-0.25, -0.2) is 8.42 Å². The Kier molecular flexibility index (Phi) is 3.48. The highest BCUT2D eigenvalue weighted by atomic mass is 32.2. The minimum atomic E-state index is -3.18. The van der Waals surface area contributed by atoms with Crippen LogP contribution in [0.4, 0.5) is 0 Å². The van der Waals surface area contributed by atoms with Gasteiger partial charge in [-0.2, -0.15) is 0 Å². The van der Waals surface area contributed by atoms with Crippen molar-refractivity contribution in [3.63, 3.8) is 0 Å². The lowest BCUT2D eigenvalue weighted by Gasteiger charge is -2.12. The van der Waals surface area contributed by atoms with Gasteiger partial charge in [-0.1, -0.05) is 11.6 Å². The predicted molar refractivity (Wildman–Crippen MR) is 85.4 cm³/mol. The molecule has 0 unspecified atom stereocenters. The molecule has 0 saturated heterocycles. The fourth-order valence-electron chi connectivity index (χ4n) is 2.53. The molecule has 3 rings (SSSR count). The number of pyridine rings is 1. The van der Waals surface area contributed by atoms with E-state index in [2.05, 4.69) is 10.3 Å². The molecule has 1 aromatic carbocycles. The molecule has 0 aliphatic carbocycles. The fraction of sp³-hybridized carbons (Fsp3) is 0.250. The quantitative estimate of drug-likeness (QED) is 0.918. The molecular weight excluding hydrogens is 300 g/mol. The van der Waals surface area contributed by atoms with Gasteiger partial charge in [0.05, 0.1) is 28.6 Å². The molecule has 0 spiro atoms. The second kappa shape index (κ2) is 5.21. The average molecular weight is 316 g/mol. The number of aryl methyl sites for hydroxylation is 2. The van der Waals surface area contributed by atoms with Crippen molar-refractivity contribution in [3.05, 3.63) is 52.6 Å². The van der Waals surface area contributed by atoms with Crippen molar-refractivity contribution >= 4 is 26.6 Å². The van der Waals surface area contributed by atoms with E-state index >= 15 is 0 Å². The Bertz CT molecular complexity index is 901. The van der Waals surface area contributed by atoms with E-state index in [1.165, 1.54) is 6.08 Å². The summed E-state index contributed by atoms with van der Waals surface area (Å²) in [5, 5.41) is 4.77. The van der Waals surface area contributed by atoms with Crippen molar-refractivity contribution in [3.8, 4) is 0 Å². The number of amides is 1. The van der Waals surface area contributed by atoms with Crippen LogP contribution in [-0.4, -0.2) is 31.1 Å². The second-order valence-electron chi connectivity index (χ2n) is 5.56. The summed E-state index contributed by atoms with van der Waals surface area (Å²) < 4.78 is 22.8. The van der Waals surface area contributed by atoms with E-state index in [9.17, 15) is 13.2 Å². The summed E-state index contributed by atoms with van der Waals surface area (Å²) in [6.45, 7) is 3.75. The van der Waals surface area contributed by atoms with Crippen molar-refractivity contribution in [2.45, 2.75) is 19.9 Å². The molecule has 1 N–H and O–H groups in total. The summed E-state index contributed by atoms with van der Waals surface area (Å²) in [6.07, 6.45) is 1.50. The van der Waals surface area contributed by atoms with E-state index in [0.717, 1.165) is 21.9 Å². The first kappa shape index (κ1) is 14.7. The summed E-state index contributed by atoms with van der Waals surface area (Å²) in [4.78, 5) is 16.8. The molecule has 2 aromatic rings. The van der Waals surface area contributed by atoms with Gasteiger partial charge in [-0.15, -0.1) is 0 Å². The number of rotatable bonds is 2. The number of carbonyl (C=O) groups excluding carboxylic acids is 1. The molecular formula is C16H16N2O3S. The Labute approximate surface area is 129 Å². The minimum absolute atomic E-state index is 0.0854. The van der Waals surface area contributed by atoms with Gasteiger partial charge in [-0.3, -0.25) is 9.78 Å². The Balaban J connectivity index is 1.90. The molecule has 0 fully saturated rings. The number of benzene rings is 1. The van der Waals surface area contributed by atoms with Crippen LogP contribution in [-0.2, 0) is 9.84 Å². The molecule has 1 atom stereocenters. The van der Waals surface area contributed by atoms with Gasteiger partial charge in [0.2, 0.25) is 0 Å². The monoisotopic (exact) mass is 316 g/mol. The lowest BCUT2D eigenvalue weighted by molar-refractivity contribution is 0.0947. The minimum Gasteiger partial charge on any atom is -0.345 e. The smallest absolute Gasteiger partial charge is 0.253 e. The SMILES string of the molecule is Cc1ccc2nc(C)c(C(=O)N[C@H]3C=CS(=O)(=O)C3)cc2c1. The topological polar surface area (TPSA) is 76.1 Å². The molecule has 0 bridgehead atoms. The van der Waals surface area contributed by atoms with Crippen molar-refractivity contribution < 1.29 is 13.2 Å². The number of fused-ring (bicyclic) bond motifs is 1. The maximum Gasteiger partial charge on any atom is 0.253 e. The summed E-state index contributed by atoms with van der Waals surface area (Å²) in [5.41, 5.74) is 3.02. The summed E-state index contributed by atoms with van der Waals surface area (Å²) in [5.74, 6) is -0.391. The number of nitrogens with zero attached hydrogens (tertiary/aromatic N) is 1. The van der Waals surface area contributed by atoms with Crippen LogP contribution >= 0.6 is 0 Å². The van der Waals surface area contributed by atoms with E-state index in [1.54, 1.807) is 13.0 Å². The van der Waals surface area contributed by atoms with Gasteiger partial charge in [-0.05, 0) is 38.1 Å². The van der Waals surface area contributed by atoms with Crippen LogP contribution in [0.25, 0.3) is 10.9 Å². The molecule has 1 amide bonds. The molecule has 1 aromatic heterocycles. The van der Waals surface area contributed by atoms with Crippen LogP contribution in [0.5, 0.6) is 0 Å². The second-order valence-corrected chi connectivity index (χ2v) is 7.49. The number of sulfone groups is 1. The zero-order valence-electron chi connectivity index (χ0n) is 12.3. The first-order valence-electron chi connectivity index (χ1n) is 6.94. The maximum absolute atomic E-state index is 12.4. The summed E-state index contributed by atoms with van der Waals surface area (Å²) >= 11 is 0. The van der Waals surface area contributed by atoms with Gasteiger partial charge in [0.15, 0.2) is 9.84 Å². The first-order chi connectivity index (χ1) is 10.3. The van der Waals surface area contributed by atoms with Crippen molar-refractivity contribution in [2.75, 3.05) is 5.75 Å². The third-order valence-electron chi connectivity index (χ3n) is 3.65. The Hall–Kier alpha value is -2.21. The normalized spacial score (nSPS) is 19.5. The Morgan fingerprint density at radius 2 is 2.05 bits per heavy atom. The van der Waals surface area contributed by atoms with E-state index in [1.807, 2.05) is 25.1 Å². The Morgan fingerprint density at radius 1 is 1.27 bits per heavy atom. The lowest BCUT2D eigenvalue weighted by Crippen LogP contribution is -2.35. The number of carbonyl (C=O) groups is 1. The van der Waals surface area contributed by atoms with Crippen LogP contribution in [0.2, 0.25) is 0 Å². The molecule has 0 saturated carbocycles. The van der Waals surface area contributed by atoms with Crippen LogP contribution < -0.4 is 5.32 Å².